The van der Waals surface area contributed by atoms with E-state index in [-0.39, 0.29) is 11.1 Å². The molecule has 1 atom stereocenters. The van der Waals surface area contributed by atoms with Gasteiger partial charge in [-0.1, -0.05) is 31.2 Å². The Morgan fingerprint density at radius 3 is 2.68 bits per heavy atom. The highest BCUT2D eigenvalue weighted by Gasteiger charge is 2.35. The average molecular weight is 320 g/mol. The van der Waals surface area contributed by atoms with Crippen molar-refractivity contribution in [3.05, 3.63) is 53.8 Å². The van der Waals surface area contributed by atoms with Crippen LogP contribution in [0.5, 0.6) is 0 Å². The van der Waals surface area contributed by atoms with Crippen LogP contribution in [-0.2, 0) is 16.4 Å². The van der Waals surface area contributed by atoms with Crippen molar-refractivity contribution in [1.82, 2.24) is 9.62 Å². The van der Waals surface area contributed by atoms with Crippen molar-refractivity contribution in [2.24, 2.45) is 0 Å². The van der Waals surface area contributed by atoms with Gasteiger partial charge in [-0.3, -0.25) is 0 Å². The van der Waals surface area contributed by atoms with Gasteiger partial charge in [0.15, 0.2) is 0 Å². The maximum atomic E-state index is 12.8. The minimum atomic E-state index is -3.61. The minimum absolute atomic E-state index is 0.00424. The van der Waals surface area contributed by atoms with Gasteiger partial charge >= 0.3 is 0 Å². The van der Waals surface area contributed by atoms with Crippen LogP contribution < -0.4 is 5.32 Å². The standard InChI is InChI=1S/C16H20N2O3S/c1-2-13-5-7-14(8-6-13)15-12-17-9-10-18(15)22(19,20)16-4-3-11-21-16/h3-8,11,15,17H,2,9-10,12H2,1H3. The highest BCUT2D eigenvalue weighted by atomic mass is 32.2. The second kappa shape index (κ2) is 6.24. The van der Waals surface area contributed by atoms with Crippen molar-refractivity contribution >= 4 is 10.0 Å². The van der Waals surface area contributed by atoms with Gasteiger partial charge in [0.25, 0.3) is 10.0 Å². The number of piperazine rings is 1. The van der Waals surface area contributed by atoms with E-state index in [0.29, 0.717) is 19.6 Å². The van der Waals surface area contributed by atoms with Crippen molar-refractivity contribution in [3.8, 4) is 0 Å². The Morgan fingerprint density at radius 1 is 1.27 bits per heavy atom. The molecule has 0 radical (unpaired) electrons. The third-order valence-electron chi connectivity index (χ3n) is 4.03. The van der Waals surface area contributed by atoms with Gasteiger partial charge in [-0.25, -0.2) is 8.42 Å². The number of aryl methyl sites for hydroxylation is 1. The lowest BCUT2D eigenvalue weighted by Crippen LogP contribution is -2.48. The van der Waals surface area contributed by atoms with Gasteiger partial charge in [0.05, 0.1) is 12.3 Å². The molecule has 2 heterocycles. The van der Waals surface area contributed by atoms with Crippen LogP contribution in [-0.4, -0.2) is 32.4 Å². The molecule has 0 amide bonds. The Labute approximate surface area is 131 Å². The molecule has 5 nitrogen and oxygen atoms in total. The van der Waals surface area contributed by atoms with E-state index in [1.165, 1.54) is 22.2 Å². The summed E-state index contributed by atoms with van der Waals surface area (Å²) in [5.41, 5.74) is 2.24. The summed E-state index contributed by atoms with van der Waals surface area (Å²) in [5.74, 6) is 0. The zero-order valence-corrected chi connectivity index (χ0v) is 13.3. The lowest BCUT2D eigenvalue weighted by atomic mass is 10.0. The Balaban J connectivity index is 1.94. The molecule has 2 aromatic rings. The van der Waals surface area contributed by atoms with E-state index in [2.05, 4.69) is 24.4 Å². The first-order chi connectivity index (χ1) is 10.6. The lowest BCUT2D eigenvalue weighted by Gasteiger charge is -2.34. The van der Waals surface area contributed by atoms with Crippen molar-refractivity contribution in [2.75, 3.05) is 19.6 Å². The number of nitrogens with one attached hydrogen (secondary N) is 1. The summed E-state index contributed by atoms with van der Waals surface area (Å²) in [5, 5.41) is 3.28. The zero-order chi connectivity index (χ0) is 15.6. The molecule has 118 valence electrons. The average Bonchev–Trinajstić information content (AvgIpc) is 3.10. The first kappa shape index (κ1) is 15.3. The molecule has 1 aliphatic rings. The third-order valence-corrected chi connectivity index (χ3v) is 5.82. The minimum Gasteiger partial charge on any atom is -0.452 e. The number of hydrogen-bond donors (Lipinski definition) is 1. The molecule has 0 bridgehead atoms. The van der Waals surface area contributed by atoms with Gasteiger partial charge in [-0.15, -0.1) is 0 Å². The van der Waals surface area contributed by atoms with Gasteiger partial charge in [0, 0.05) is 19.6 Å². The van der Waals surface area contributed by atoms with Crippen molar-refractivity contribution < 1.29 is 12.8 Å². The first-order valence-electron chi connectivity index (χ1n) is 7.48. The normalized spacial score (nSPS) is 20.1. The summed E-state index contributed by atoms with van der Waals surface area (Å²) in [4.78, 5) is 0. The molecule has 3 rings (SSSR count). The van der Waals surface area contributed by atoms with Crippen LogP contribution in [0.4, 0.5) is 0 Å². The molecule has 1 aromatic heterocycles. The Kier molecular flexibility index (Phi) is 4.33. The van der Waals surface area contributed by atoms with E-state index in [9.17, 15) is 8.42 Å². The van der Waals surface area contributed by atoms with Gasteiger partial charge in [-0.05, 0) is 29.7 Å². The molecule has 6 heteroatoms. The fourth-order valence-electron chi connectivity index (χ4n) is 2.76. The number of benzene rings is 1. The summed E-state index contributed by atoms with van der Waals surface area (Å²) < 4.78 is 32.2. The Morgan fingerprint density at radius 2 is 2.05 bits per heavy atom. The predicted octanol–water partition coefficient (Wildman–Crippen LogP) is 2.18. The van der Waals surface area contributed by atoms with Gasteiger partial charge in [0.2, 0.25) is 5.09 Å². The monoisotopic (exact) mass is 320 g/mol. The molecular formula is C16H20N2O3S. The second-order valence-corrected chi connectivity index (χ2v) is 7.18. The Bertz CT molecular complexity index is 708. The summed E-state index contributed by atoms with van der Waals surface area (Å²) in [7, 11) is -3.61. The van der Waals surface area contributed by atoms with Crippen LogP contribution in [0.3, 0.4) is 0 Å². The van der Waals surface area contributed by atoms with Crippen LogP contribution >= 0.6 is 0 Å². The number of sulfonamides is 1. The van der Waals surface area contributed by atoms with Gasteiger partial charge in [-0.2, -0.15) is 4.31 Å². The fourth-order valence-corrected chi connectivity index (χ4v) is 4.28. The van der Waals surface area contributed by atoms with Crippen LogP contribution in [0.1, 0.15) is 24.1 Å². The van der Waals surface area contributed by atoms with Crippen molar-refractivity contribution in [3.63, 3.8) is 0 Å². The fraction of sp³-hybridized carbons (Fsp3) is 0.375. The summed E-state index contributed by atoms with van der Waals surface area (Å²) in [6, 6.07) is 11.0. The van der Waals surface area contributed by atoms with E-state index in [0.717, 1.165) is 12.0 Å². The van der Waals surface area contributed by atoms with E-state index in [1.807, 2.05) is 12.1 Å². The topological polar surface area (TPSA) is 62.6 Å². The molecule has 0 aliphatic carbocycles. The maximum absolute atomic E-state index is 12.8. The van der Waals surface area contributed by atoms with Gasteiger partial charge < -0.3 is 9.73 Å². The zero-order valence-electron chi connectivity index (χ0n) is 12.5. The van der Waals surface area contributed by atoms with Crippen LogP contribution in [0.25, 0.3) is 0 Å². The van der Waals surface area contributed by atoms with Crippen molar-refractivity contribution in [2.45, 2.75) is 24.5 Å². The Hall–Kier alpha value is -1.63. The smallest absolute Gasteiger partial charge is 0.277 e. The summed E-state index contributed by atoms with van der Waals surface area (Å²) >= 11 is 0. The molecule has 0 spiro atoms. The van der Waals surface area contributed by atoms with E-state index < -0.39 is 10.0 Å². The van der Waals surface area contributed by atoms with Crippen LogP contribution in [0.15, 0.2) is 52.2 Å². The molecule has 0 saturated carbocycles. The number of hydrogen-bond acceptors (Lipinski definition) is 4. The summed E-state index contributed by atoms with van der Waals surface area (Å²) in [6.45, 7) is 3.78. The first-order valence-corrected chi connectivity index (χ1v) is 8.92. The highest BCUT2D eigenvalue weighted by Crippen LogP contribution is 2.29. The molecular weight excluding hydrogens is 300 g/mol. The molecule has 1 N–H and O–H groups in total. The second-order valence-electron chi connectivity index (χ2n) is 5.36. The maximum Gasteiger partial charge on any atom is 0.277 e. The van der Waals surface area contributed by atoms with Gasteiger partial charge in [0.1, 0.15) is 0 Å². The van der Waals surface area contributed by atoms with Crippen molar-refractivity contribution in [1.29, 1.82) is 0 Å². The molecule has 22 heavy (non-hydrogen) atoms. The molecule has 1 aliphatic heterocycles. The van der Waals surface area contributed by atoms with Crippen LogP contribution in [0, 0.1) is 0 Å². The molecule has 1 aromatic carbocycles. The van der Waals surface area contributed by atoms with E-state index in [4.69, 9.17) is 4.42 Å². The highest BCUT2D eigenvalue weighted by molar-refractivity contribution is 7.89. The summed E-state index contributed by atoms with van der Waals surface area (Å²) in [6.07, 6.45) is 2.36. The molecule has 1 fully saturated rings. The van der Waals surface area contributed by atoms with E-state index >= 15 is 0 Å². The largest absolute Gasteiger partial charge is 0.452 e. The SMILES string of the molecule is CCc1ccc(C2CNCCN2S(=O)(=O)c2ccco2)cc1. The predicted molar refractivity (Wildman–Crippen MR) is 84.0 cm³/mol. The number of nitrogens with zero attached hydrogens (tertiary/aromatic N) is 1. The molecule has 1 saturated heterocycles. The molecule has 1 unspecified atom stereocenters. The lowest BCUT2D eigenvalue weighted by molar-refractivity contribution is 0.264. The third kappa shape index (κ3) is 2.82. The quantitative estimate of drug-likeness (QED) is 0.938. The van der Waals surface area contributed by atoms with Crippen LogP contribution in [0.2, 0.25) is 0 Å². The number of rotatable bonds is 4. The van der Waals surface area contributed by atoms with E-state index in [1.54, 1.807) is 6.07 Å². The number of furan rings is 1.